The summed E-state index contributed by atoms with van der Waals surface area (Å²) in [6.45, 7) is 2.12. The molecule has 0 aliphatic rings. The average molecular weight is 553 g/mol. The molecule has 0 saturated carbocycles. The number of benzene rings is 2. The molecule has 0 radical (unpaired) electrons. The van der Waals surface area contributed by atoms with Gasteiger partial charge in [0.15, 0.2) is 5.96 Å². The van der Waals surface area contributed by atoms with Gasteiger partial charge in [-0.15, -0.1) is 24.0 Å². The SMILES string of the molecule is CN=C(NCCc1nccn1Cc1ccccc1)NCc1ccc(F)cc1CSC.I. The summed E-state index contributed by atoms with van der Waals surface area (Å²) in [5.41, 5.74) is 3.34. The second-order valence-corrected chi connectivity index (χ2v) is 7.77. The van der Waals surface area contributed by atoms with Crippen LogP contribution in [0.15, 0.2) is 65.9 Å². The van der Waals surface area contributed by atoms with Gasteiger partial charge >= 0.3 is 0 Å². The van der Waals surface area contributed by atoms with Gasteiger partial charge in [0.1, 0.15) is 11.6 Å². The number of nitrogens with zero attached hydrogens (tertiary/aromatic N) is 3. The zero-order valence-corrected chi connectivity index (χ0v) is 21.0. The summed E-state index contributed by atoms with van der Waals surface area (Å²) in [6.07, 6.45) is 6.66. The molecule has 0 spiro atoms. The molecule has 2 aromatic carbocycles. The molecule has 0 fully saturated rings. The maximum absolute atomic E-state index is 13.5. The molecule has 3 aromatic rings. The van der Waals surface area contributed by atoms with Gasteiger partial charge in [-0.25, -0.2) is 9.37 Å². The molecule has 1 aromatic heterocycles. The van der Waals surface area contributed by atoms with Crippen molar-refractivity contribution in [2.45, 2.75) is 25.3 Å². The van der Waals surface area contributed by atoms with Crippen molar-refractivity contribution in [3.63, 3.8) is 0 Å². The number of hydrogen-bond acceptors (Lipinski definition) is 3. The summed E-state index contributed by atoms with van der Waals surface area (Å²) in [4.78, 5) is 8.79. The third-order valence-electron chi connectivity index (χ3n) is 4.78. The predicted octanol–water partition coefficient (Wildman–Crippen LogP) is 4.46. The van der Waals surface area contributed by atoms with Crippen molar-refractivity contribution in [1.29, 1.82) is 0 Å². The van der Waals surface area contributed by atoms with E-state index in [-0.39, 0.29) is 29.8 Å². The van der Waals surface area contributed by atoms with Crippen molar-refractivity contribution < 1.29 is 4.39 Å². The Balaban J connectivity index is 0.00000341. The van der Waals surface area contributed by atoms with Gasteiger partial charge in [0.25, 0.3) is 0 Å². The average Bonchev–Trinajstić information content (AvgIpc) is 3.19. The Morgan fingerprint density at radius 3 is 2.68 bits per heavy atom. The van der Waals surface area contributed by atoms with Crippen molar-refractivity contribution in [1.82, 2.24) is 20.2 Å². The number of guanidine groups is 1. The molecule has 5 nitrogen and oxygen atoms in total. The lowest BCUT2D eigenvalue weighted by Crippen LogP contribution is -2.38. The molecule has 0 unspecified atom stereocenters. The third-order valence-corrected chi connectivity index (χ3v) is 5.38. The molecule has 0 atom stereocenters. The first kappa shape index (κ1) is 25.2. The van der Waals surface area contributed by atoms with Gasteiger partial charge in [-0.3, -0.25) is 4.99 Å². The molecule has 0 aliphatic heterocycles. The van der Waals surface area contributed by atoms with Crippen LogP contribution in [0.3, 0.4) is 0 Å². The summed E-state index contributed by atoms with van der Waals surface area (Å²) in [5.74, 6) is 2.33. The van der Waals surface area contributed by atoms with Gasteiger partial charge in [-0.2, -0.15) is 11.8 Å². The topological polar surface area (TPSA) is 54.2 Å². The first-order chi connectivity index (χ1) is 14.7. The summed E-state index contributed by atoms with van der Waals surface area (Å²) in [6, 6.07) is 15.3. The number of hydrogen-bond donors (Lipinski definition) is 2. The minimum Gasteiger partial charge on any atom is -0.356 e. The second-order valence-electron chi connectivity index (χ2n) is 6.91. The molecule has 2 N–H and O–H groups in total. The van der Waals surface area contributed by atoms with Crippen LogP contribution < -0.4 is 10.6 Å². The first-order valence-electron chi connectivity index (χ1n) is 9.94. The molecule has 1 heterocycles. The van der Waals surface area contributed by atoms with Crippen LogP contribution in [0, 0.1) is 5.82 Å². The van der Waals surface area contributed by atoms with E-state index in [1.165, 1.54) is 11.6 Å². The van der Waals surface area contributed by atoms with Crippen LogP contribution in [-0.4, -0.2) is 35.4 Å². The van der Waals surface area contributed by atoms with E-state index in [0.717, 1.165) is 41.6 Å². The van der Waals surface area contributed by atoms with E-state index >= 15 is 0 Å². The third kappa shape index (κ3) is 7.84. The van der Waals surface area contributed by atoms with Crippen molar-refractivity contribution in [3.8, 4) is 0 Å². The molecule has 3 rings (SSSR count). The molecule has 0 aliphatic carbocycles. The van der Waals surface area contributed by atoms with E-state index in [0.29, 0.717) is 13.1 Å². The van der Waals surface area contributed by atoms with Crippen LogP contribution >= 0.6 is 35.7 Å². The highest BCUT2D eigenvalue weighted by atomic mass is 127. The van der Waals surface area contributed by atoms with Gasteiger partial charge in [-0.1, -0.05) is 36.4 Å². The largest absolute Gasteiger partial charge is 0.356 e. The number of rotatable bonds is 9. The van der Waals surface area contributed by atoms with Gasteiger partial charge in [0, 0.05) is 51.2 Å². The Labute approximate surface area is 205 Å². The summed E-state index contributed by atoms with van der Waals surface area (Å²) in [5, 5.41) is 6.66. The fourth-order valence-electron chi connectivity index (χ4n) is 3.24. The van der Waals surface area contributed by atoms with Gasteiger partial charge in [-0.05, 0) is 35.1 Å². The first-order valence-corrected chi connectivity index (χ1v) is 11.3. The van der Waals surface area contributed by atoms with Crippen molar-refractivity contribution in [3.05, 3.63) is 89.3 Å². The summed E-state index contributed by atoms with van der Waals surface area (Å²) < 4.78 is 15.7. The van der Waals surface area contributed by atoms with Gasteiger partial charge in [0.2, 0.25) is 0 Å². The minimum atomic E-state index is -0.198. The van der Waals surface area contributed by atoms with Crippen molar-refractivity contribution in [2.75, 3.05) is 19.8 Å². The van der Waals surface area contributed by atoms with E-state index in [9.17, 15) is 4.39 Å². The van der Waals surface area contributed by atoms with Crippen LogP contribution in [0.1, 0.15) is 22.5 Å². The number of aromatic nitrogens is 2. The highest BCUT2D eigenvalue weighted by molar-refractivity contribution is 14.0. The van der Waals surface area contributed by atoms with Gasteiger partial charge in [0.05, 0.1) is 0 Å². The lowest BCUT2D eigenvalue weighted by molar-refractivity contribution is 0.625. The van der Waals surface area contributed by atoms with Crippen LogP contribution in [-0.2, 0) is 25.3 Å². The quantitative estimate of drug-likeness (QED) is 0.234. The highest BCUT2D eigenvalue weighted by Crippen LogP contribution is 2.16. The molecular weight excluding hydrogens is 524 g/mol. The highest BCUT2D eigenvalue weighted by Gasteiger charge is 2.07. The lowest BCUT2D eigenvalue weighted by Gasteiger charge is -2.14. The van der Waals surface area contributed by atoms with Crippen molar-refractivity contribution >= 4 is 41.7 Å². The van der Waals surface area contributed by atoms with E-state index in [1.807, 2.05) is 30.8 Å². The second kappa shape index (κ2) is 13.4. The Hall–Kier alpha value is -2.07. The lowest BCUT2D eigenvalue weighted by atomic mass is 10.1. The number of imidazole rings is 1. The van der Waals surface area contributed by atoms with E-state index < -0.39 is 0 Å². The number of aliphatic imine (C=N–C) groups is 1. The van der Waals surface area contributed by atoms with E-state index in [1.54, 1.807) is 24.9 Å². The molecule has 0 saturated heterocycles. The van der Waals surface area contributed by atoms with Crippen molar-refractivity contribution in [2.24, 2.45) is 4.99 Å². The van der Waals surface area contributed by atoms with Crippen LogP contribution in [0.4, 0.5) is 4.39 Å². The van der Waals surface area contributed by atoms with E-state index in [4.69, 9.17) is 0 Å². The fraction of sp³-hybridized carbons (Fsp3) is 0.304. The Morgan fingerprint density at radius 1 is 1.13 bits per heavy atom. The number of nitrogens with one attached hydrogen (secondary N) is 2. The fourth-order valence-corrected chi connectivity index (χ4v) is 3.82. The number of thioether (sulfide) groups is 1. The molecule has 31 heavy (non-hydrogen) atoms. The Kier molecular flexibility index (Phi) is 10.9. The Morgan fingerprint density at radius 2 is 1.94 bits per heavy atom. The number of halogens is 2. The maximum atomic E-state index is 13.5. The normalized spacial score (nSPS) is 11.1. The monoisotopic (exact) mass is 553 g/mol. The van der Waals surface area contributed by atoms with Gasteiger partial charge < -0.3 is 15.2 Å². The zero-order valence-electron chi connectivity index (χ0n) is 17.8. The molecule has 166 valence electrons. The zero-order chi connectivity index (χ0) is 21.2. The van der Waals surface area contributed by atoms with Crippen LogP contribution in [0.25, 0.3) is 0 Å². The standard InChI is InChI=1S/C23H28FN5S.HI/c1-25-23(28-15-19-8-9-21(24)14-20(19)17-30-2)27-11-10-22-26-12-13-29(22)16-18-6-4-3-5-7-18;/h3-9,12-14H,10-11,15-17H2,1-2H3,(H2,25,27,28);1H. The smallest absolute Gasteiger partial charge is 0.191 e. The molecule has 0 bridgehead atoms. The summed E-state index contributed by atoms with van der Waals surface area (Å²) >= 11 is 1.68. The Bertz CT molecular complexity index is 962. The summed E-state index contributed by atoms with van der Waals surface area (Å²) in [7, 11) is 1.75. The minimum absolute atomic E-state index is 0. The molecular formula is C23H29FIN5S. The van der Waals surface area contributed by atoms with Crippen LogP contribution in [0.2, 0.25) is 0 Å². The van der Waals surface area contributed by atoms with Crippen LogP contribution in [0.5, 0.6) is 0 Å². The predicted molar refractivity (Wildman–Crippen MR) is 139 cm³/mol. The maximum Gasteiger partial charge on any atom is 0.191 e. The molecule has 0 amide bonds. The molecule has 8 heteroatoms. The van der Waals surface area contributed by atoms with E-state index in [2.05, 4.69) is 49.4 Å².